The maximum Gasteiger partial charge on any atom is 0.267 e. The van der Waals surface area contributed by atoms with Crippen LogP contribution in [0.15, 0.2) is 58.5 Å². The van der Waals surface area contributed by atoms with Crippen LogP contribution >= 0.6 is 34.7 Å². The first-order chi connectivity index (χ1) is 17.3. The summed E-state index contributed by atoms with van der Waals surface area (Å²) in [5.74, 6) is -0.208. The van der Waals surface area contributed by atoms with Crippen molar-refractivity contribution in [3.8, 4) is 5.69 Å². The molecule has 184 valence electrons. The van der Waals surface area contributed by atoms with Crippen LogP contribution in [0.2, 0.25) is 5.02 Å². The molecule has 1 aliphatic heterocycles. The lowest BCUT2D eigenvalue weighted by atomic mass is 10.1. The van der Waals surface area contributed by atoms with E-state index in [0.29, 0.717) is 37.3 Å². The van der Waals surface area contributed by atoms with E-state index in [2.05, 4.69) is 17.3 Å². The highest BCUT2D eigenvalue weighted by Crippen LogP contribution is 2.34. The highest BCUT2D eigenvalue weighted by Gasteiger charge is 2.24. The van der Waals surface area contributed by atoms with Crippen molar-refractivity contribution < 1.29 is 9.59 Å². The number of hydrogen-bond acceptors (Lipinski definition) is 7. The Bertz CT molecular complexity index is 1530. The molecule has 0 aliphatic carbocycles. The van der Waals surface area contributed by atoms with Crippen LogP contribution in [0.3, 0.4) is 0 Å². The number of thioether (sulfide) groups is 1. The minimum absolute atomic E-state index is 0.0352. The summed E-state index contributed by atoms with van der Waals surface area (Å²) in [5.41, 5.74) is 2.77. The van der Waals surface area contributed by atoms with Gasteiger partial charge in [-0.1, -0.05) is 23.4 Å². The van der Waals surface area contributed by atoms with E-state index in [0.717, 1.165) is 25.1 Å². The van der Waals surface area contributed by atoms with E-state index in [4.69, 9.17) is 16.6 Å². The number of ketones is 1. The zero-order valence-corrected chi connectivity index (χ0v) is 22.1. The second kappa shape index (κ2) is 10.2. The van der Waals surface area contributed by atoms with Gasteiger partial charge in [-0.05, 0) is 74.5 Å². The van der Waals surface area contributed by atoms with Gasteiger partial charge in [-0.15, -0.1) is 11.3 Å². The molecule has 0 atom stereocenters. The van der Waals surface area contributed by atoms with Crippen molar-refractivity contribution in [3.63, 3.8) is 0 Å². The predicted molar refractivity (Wildman–Crippen MR) is 146 cm³/mol. The lowest BCUT2D eigenvalue weighted by Crippen LogP contribution is -2.27. The average Bonchev–Trinajstić information content (AvgIpc) is 3.21. The summed E-state index contributed by atoms with van der Waals surface area (Å²) < 4.78 is 1.57. The predicted octanol–water partition coefficient (Wildman–Crippen LogP) is 5.02. The molecule has 36 heavy (non-hydrogen) atoms. The Morgan fingerprint density at radius 3 is 2.56 bits per heavy atom. The number of amides is 1. The van der Waals surface area contributed by atoms with Crippen molar-refractivity contribution in [1.82, 2.24) is 14.5 Å². The molecule has 0 spiro atoms. The Kier molecular flexibility index (Phi) is 6.98. The number of thiophene rings is 1. The number of anilines is 1. The SMILES string of the molecule is CC(=O)c1ccc(NC(=O)CSc2nc3sc4c(c3c(=O)n2-c2ccc(Cl)cc2)CCN(C)C4)cc1. The molecule has 1 N–H and O–H groups in total. The first kappa shape index (κ1) is 24.7. The number of halogens is 1. The van der Waals surface area contributed by atoms with Gasteiger partial charge >= 0.3 is 0 Å². The number of aromatic nitrogens is 2. The Labute approximate surface area is 221 Å². The van der Waals surface area contributed by atoms with Gasteiger partial charge in [0, 0.05) is 34.2 Å². The number of nitrogens with one attached hydrogen (secondary N) is 1. The number of hydrogen-bond donors (Lipinski definition) is 1. The fraction of sp³-hybridized carbons (Fsp3) is 0.231. The van der Waals surface area contributed by atoms with Gasteiger partial charge in [-0.2, -0.15) is 0 Å². The van der Waals surface area contributed by atoms with Crippen LogP contribution in [0.25, 0.3) is 15.9 Å². The quantitative estimate of drug-likeness (QED) is 0.211. The van der Waals surface area contributed by atoms with Crippen LogP contribution in [-0.4, -0.2) is 45.5 Å². The summed E-state index contributed by atoms with van der Waals surface area (Å²) in [4.78, 5) is 46.9. The molecule has 1 aliphatic rings. The minimum atomic E-state index is -0.236. The highest BCUT2D eigenvalue weighted by molar-refractivity contribution is 7.99. The van der Waals surface area contributed by atoms with Crippen LogP contribution in [0, 0.1) is 0 Å². The number of carbonyl (C=O) groups excluding carboxylic acids is 2. The molecule has 2 aromatic carbocycles. The van der Waals surface area contributed by atoms with Gasteiger partial charge in [0.2, 0.25) is 5.91 Å². The molecule has 3 heterocycles. The highest BCUT2D eigenvalue weighted by atomic mass is 35.5. The van der Waals surface area contributed by atoms with Crippen LogP contribution < -0.4 is 10.9 Å². The second-order valence-corrected chi connectivity index (χ2v) is 11.1. The van der Waals surface area contributed by atoms with E-state index in [1.165, 1.54) is 23.6 Å². The number of benzene rings is 2. The summed E-state index contributed by atoms with van der Waals surface area (Å²) in [5, 5.41) is 4.52. The molecule has 5 rings (SSSR count). The summed E-state index contributed by atoms with van der Waals surface area (Å²) >= 11 is 8.84. The Morgan fingerprint density at radius 1 is 1.14 bits per heavy atom. The molecule has 0 fully saturated rings. The molecule has 0 bridgehead atoms. The van der Waals surface area contributed by atoms with Crippen molar-refractivity contribution >= 4 is 62.3 Å². The number of carbonyl (C=O) groups is 2. The van der Waals surface area contributed by atoms with E-state index in [1.807, 2.05) is 0 Å². The molecule has 0 radical (unpaired) electrons. The van der Waals surface area contributed by atoms with Gasteiger partial charge in [0.25, 0.3) is 5.56 Å². The summed E-state index contributed by atoms with van der Waals surface area (Å²) in [6, 6.07) is 13.8. The molecule has 0 unspecified atom stereocenters. The van der Waals surface area contributed by atoms with Crippen molar-refractivity contribution in [1.29, 1.82) is 0 Å². The van der Waals surface area contributed by atoms with Gasteiger partial charge < -0.3 is 10.2 Å². The summed E-state index contributed by atoms with van der Waals surface area (Å²) in [6.07, 6.45) is 0.806. The van der Waals surface area contributed by atoms with Gasteiger partial charge in [0.1, 0.15) is 4.83 Å². The number of Topliss-reactive ketones (excluding diaryl/α,β-unsaturated/α-hetero) is 1. The van der Waals surface area contributed by atoms with Gasteiger partial charge in [0.15, 0.2) is 10.9 Å². The van der Waals surface area contributed by atoms with Crippen molar-refractivity contribution in [2.24, 2.45) is 0 Å². The van der Waals surface area contributed by atoms with Crippen LogP contribution in [-0.2, 0) is 17.8 Å². The molecule has 1 amide bonds. The lowest BCUT2D eigenvalue weighted by Gasteiger charge is -2.21. The van der Waals surface area contributed by atoms with Crippen molar-refractivity contribution in [2.45, 2.75) is 25.0 Å². The Balaban J connectivity index is 1.47. The first-order valence-corrected chi connectivity index (χ1v) is 13.5. The number of rotatable bonds is 6. The van der Waals surface area contributed by atoms with E-state index >= 15 is 0 Å². The largest absolute Gasteiger partial charge is 0.325 e. The Morgan fingerprint density at radius 2 is 1.86 bits per heavy atom. The molecule has 4 aromatic rings. The zero-order chi connectivity index (χ0) is 25.4. The standard InChI is InChI=1S/C26H23ClN4O3S2/c1-15(32)16-3-7-18(8-4-16)28-22(33)14-35-26-29-24-23(20-11-12-30(2)13-21(20)36-24)25(34)31(26)19-9-5-17(27)6-10-19/h3-10H,11-14H2,1-2H3,(H,28,33). The minimum Gasteiger partial charge on any atom is -0.325 e. The van der Waals surface area contributed by atoms with Crippen LogP contribution in [0.4, 0.5) is 5.69 Å². The summed E-state index contributed by atoms with van der Waals surface area (Å²) in [6.45, 7) is 3.18. The Hall–Kier alpha value is -2.98. The lowest BCUT2D eigenvalue weighted by molar-refractivity contribution is -0.113. The van der Waals surface area contributed by atoms with Gasteiger partial charge in [-0.25, -0.2) is 4.98 Å². The molecule has 0 saturated carbocycles. The maximum absolute atomic E-state index is 13.8. The fourth-order valence-corrected chi connectivity index (χ4v) is 6.46. The maximum atomic E-state index is 13.8. The monoisotopic (exact) mass is 538 g/mol. The van der Waals surface area contributed by atoms with Crippen LogP contribution in [0.1, 0.15) is 27.7 Å². The molecule has 0 saturated heterocycles. The van der Waals surface area contributed by atoms with Crippen LogP contribution in [0.5, 0.6) is 0 Å². The normalized spacial score (nSPS) is 13.5. The van der Waals surface area contributed by atoms with Gasteiger partial charge in [0.05, 0.1) is 16.8 Å². The molecular weight excluding hydrogens is 516 g/mol. The molecule has 2 aromatic heterocycles. The first-order valence-electron chi connectivity index (χ1n) is 11.4. The summed E-state index contributed by atoms with van der Waals surface area (Å²) in [7, 11) is 2.07. The van der Waals surface area contributed by atoms with Crippen molar-refractivity contribution in [2.75, 3.05) is 24.7 Å². The molecule has 7 nitrogen and oxygen atoms in total. The van der Waals surface area contributed by atoms with Gasteiger partial charge in [-0.3, -0.25) is 19.0 Å². The van der Waals surface area contributed by atoms with E-state index in [1.54, 1.807) is 64.4 Å². The smallest absolute Gasteiger partial charge is 0.267 e. The zero-order valence-electron chi connectivity index (χ0n) is 19.7. The van der Waals surface area contributed by atoms with E-state index in [9.17, 15) is 14.4 Å². The fourth-order valence-electron chi connectivity index (χ4n) is 4.18. The second-order valence-electron chi connectivity index (χ2n) is 8.65. The third-order valence-corrected chi connectivity index (χ3v) is 8.33. The van der Waals surface area contributed by atoms with E-state index < -0.39 is 0 Å². The van der Waals surface area contributed by atoms with E-state index in [-0.39, 0.29) is 23.0 Å². The third-order valence-electron chi connectivity index (χ3n) is 6.03. The number of fused-ring (bicyclic) bond motifs is 3. The third kappa shape index (κ3) is 4.97. The topological polar surface area (TPSA) is 84.3 Å². The number of nitrogens with zero attached hydrogens (tertiary/aromatic N) is 3. The molecule has 10 heteroatoms. The number of likely N-dealkylation sites (N-methyl/N-ethyl adjacent to an activating group) is 1. The molecular formula is C26H23ClN4O3S2. The van der Waals surface area contributed by atoms with Crippen molar-refractivity contribution in [3.05, 3.63) is 79.9 Å². The average molecular weight is 539 g/mol.